The number of ether oxygens (including phenoxy) is 2. The first-order valence-corrected chi connectivity index (χ1v) is 10.9. The molecule has 1 heterocycles. The topological polar surface area (TPSA) is 72.9 Å². The summed E-state index contributed by atoms with van der Waals surface area (Å²) in [6, 6.07) is -0.731. The number of thioether (sulfide) groups is 1. The summed E-state index contributed by atoms with van der Waals surface area (Å²) in [5, 5.41) is 0. The minimum atomic E-state index is -0.731. The second-order valence-electron chi connectivity index (χ2n) is 7.59. The molecule has 1 aliphatic heterocycles. The molecule has 1 saturated heterocycles. The Kier molecular flexibility index (Phi) is 10.4. The maximum absolute atomic E-state index is 12.8. The summed E-state index contributed by atoms with van der Waals surface area (Å²) < 4.78 is 10.4. The molecule has 27 heavy (non-hydrogen) atoms. The lowest BCUT2D eigenvalue weighted by atomic mass is 10.1. The number of Topliss-reactive ketones (excluding diaryl/α,β-unsaturated/α-hetero) is 1. The molecule has 0 bridgehead atoms. The third-order valence-electron chi connectivity index (χ3n) is 4.69. The SMILES string of the molecule is CCCCCCCCC(=O)C(=O)N1[C@H](C(=O)OC(C)COC)CSC1(C)C. The molecule has 0 spiro atoms. The van der Waals surface area contributed by atoms with E-state index in [0.717, 1.165) is 19.3 Å². The largest absolute Gasteiger partial charge is 0.459 e. The number of esters is 1. The van der Waals surface area contributed by atoms with Crippen LogP contribution in [0.2, 0.25) is 0 Å². The highest BCUT2D eigenvalue weighted by Gasteiger charge is 2.48. The van der Waals surface area contributed by atoms with Crippen molar-refractivity contribution in [1.82, 2.24) is 4.90 Å². The molecule has 0 radical (unpaired) electrons. The highest BCUT2D eigenvalue weighted by molar-refractivity contribution is 8.00. The maximum atomic E-state index is 12.8. The highest BCUT2D eigenvalue weighted by atomic mass is 32.2. The van der Waals surface area contributed by atoms with E-state index in [1.54, 1.807) is 6.92 Å². The van der Waals surface area contributed by atoms with Gasteiger partial charge in [0, 0.05) is 19.3 Å². The molecule has 1 fully saturated rings. The van der Waals surface area contributed by atoms with Crippen LogP contribution in [0.15, 0.2) is 0 Å². The standard InChI is InChI=1S/C20H35NO5S/c1-6-7-8-9-10-11-12-17(22)18(23)21-16(14-27-20(21,3)4)19(24)26-15(2)13-25-5/h15-16H,6-14H2,1-5H3/t15?,16-/m0/s1. The number of carbonyl (C=O) groups is 3. The molecular weight excluding hydrogens is 366 g/mol. The van der Waals surface area contributed by atoms with E-state index in [2.05, 4.69) is 6.92 Å². The monoisotopic (exact) mass is 401 g/mol. The van der Waals surface area contributed by atoms with E-state index in [-0.39, 0.29) is 6.42 Å². The molecule has 0 aromatic heterocycles. The molecule has 1 unspecified atom stereocenters. The lowest BCUT2D eigenvalue weighted by Crippen LogP contribution is -2.53. The van der Waals surface area contributed by atoms with Crippen LogP contribution in [0, 0.1) is 0 Å². The Labute approximate surface area is 167 Å². The van der Waals surface area contributed by atoms with E-state index in [1.807, 2.05) is 13.8 Å². The number of nitrogens with zero attached hydrogens (tertiary/aromatic N) is 1. The molecule has 1 amide bonds. The number of hydrogen-bond acceptors (Lipinski definition) is 6. The minimum Gasteiger partial charge on any atom is -0.459 e. The molecule has 0 aromatic rings. The van der Waals surface area contributed by atoms with Crippen molar-refractivity contribution in [1.29, 1.82) is 0 Å². The van der Waals surface area contributed by atoms with Crippen LogP contribution in [0.25, 0.3) is 0 Å². The molecule has 0 saturated carbocycles. The molecule has 0 aliphatic carbocycles. The summed E-state index contributed by atoms with van der Waals surface area (Å²) in [6.45, 7) is 7.92. The third kappa shape index (κ3) is 7.45. The zero-order valence-electron chi connectivity index (χ0n) is 17.4. The van der Waals surface area contributed by atoms with Crippen LogP contribution in [0.3, 0.4) is 0 Å². The predicted molar refractivity (Wildman–Crippen MR) is 108 cm³/mol. The van der Waals surface area contributed by atoms with Gasteiger partial charge >= 0.3 is 5.97 Å². The van der Waals surface area contributed by atoms with Crippen molar-refractivity contribution >= 4 is 29.4 Å². The minimum absolute atomic E-state index is 0.240. The molecule has 2 atom stereocenters. The van der Waals surface area contributed by atoms with Crippen molar-refractivity contribution in [2.75, 3.05) is 19.5 Å². The number of hydrogen-bond donors (Lipinski definition) is 0. The maximum Gasteiger partial charge on any atom is 0.330 e. The molecule has 7 heteroatoms. The van der Waals surface area contributed by atoms with Crippen LogP contribution in [-0.4, -0.2) is 59.0 Å². The van der Waals surface area contributed by atoms with Gasteiger partial charge in [-0.2, -0.15) is 0 Å². The van der Waals surface area contributed by atoms with E-state index in [1.165, 1.54) is 43.0 Å². The molecule has 1 rings (SSSR count). The zero-order chi connectivity index (χ0) is 20.4. The molecule has 0 N–H and O–H groups in total. The number of unbranched alkanes of at least 4 members (excludes halogenated alkanes) is 5. The lowest BCUT2D eigenvalue weighted by molar-refractivity contribution is -0.162. The normalized spacial score (nSPS) is 19.7. The Balaban J connectivity index is 2.63. The average molecular weight is 402 g/mol. The van der Waals surface area contributed by atoms with Crippen molar-refractivity contribution < 1.29 is 23.9 Å². The fraction of sp³-hybridized carbons (Fsp3) is 0.850. The number of carbonyl (C=O) groups excluding carboxylic acids is 3. The van der Waals surface area contributed by atoms with Gasteiger partial charge in [-0.05, 0) is 27.2 Å². The Hall–Kier alpha value is -1.08. The first kappa shape index (κ1) is 24.0. The van der Waals surface area contributed by atoms with Gasteiger partial charge in [-0.25, -0.2) is 4.79 Å². The van der Waals surface area contributed by atoms with E-state index in [9.17, 15) is 14.4 Å². The van der Waals surface area contributed by atoms with Gasteiger partial charge < -0.3 is 14.4 Å². The first-order chi connectivity index (χ1) is 12.7. The summed E-state index contributed by atoms with van der Waals surface area (Å²) in [4.78, 5) is 38.5. The quantitative estimate of drug-likeness (QED) is 0.283. The summed E-state index contributed by atoms with van der Waals surface area (Å²) in [6.07, 6.45) is 6.16. The predicted octanol–water partition coefficient (Wildman–Crippen LogP) is 3.56. The summed E-state index contributed by atoms with van der Waals surface area (Å²) in [5.74, 6) is -1.02. The first-order valence-electron chi connectivity index (χ1n) is 9.94. The zero-order valence-corrected chi connectivity index (χ0v) is 18.2. The molecule has 1 aliphatic rings. The van der Waals surface area contributed by atoms with Crippen LogP contribution in [-0.2, 0) is 23.9 Å². The van der Waals surface area contributed by atoms with Gasteiger partial charge in [-0.15, -0.1) is 11.8 Å². The van der Waals surface area contributed by atoms with Crippen molar-refractivity contribution in [3.63, 3.8) is 0 Å². The van der Waals surface area contributed by atoms with E-state index in [0.29, 0.717) is 12.4 Å². The van der Waals surface area contributed by atoms with E-state index in [4.69, 9.17) is 9.47 Å². The summed E-state index contributed by atoms with van der Waals surface area (Å²) in [7, 11) is 1.54. The highest BCUT2D eigenvalue weighted by Crippen LogP contribution is 2.39. The number of amides is 1. The van der Waals surface area contributed by atoms with Crippen molar-refractivity contribution in [3.05, 3.63) is 0 Å². The summed E-state index contributed by atoms with van der Waals surface area (Å²) >= 11 is 1.49. The smallest absolute Gasteiger partial charge is 0.330 e. The van der Waals surface area contributed by atoms with Gasteiger partial charge in [0.25, 0.3) is 5.91 Å². The lowest BCUT2D eigenvalue weighted by Gasteiger charge is -2.33. The van der Waals surface area contributed by atoms with Crippen LogP contribution in [0.1, 0.15) is 72.6 Å². The Morgan fingerprint density at radius 3 is 2.41 bits per heavy atom. The fourth-order valence-corrected chi connectivity index (χ4v) is 4.41. The van der Waals surface area contributed by atoms with Gasteiger partial charge in [-0.3, -0.25) is 9.59 Å². The number of rotatable bonds is 12. The second-order valence-corrected chi connectivity index (χ2v) is 9.21. The van der Waals surface area contributed by atoms with Crippen molar-refractivity contribution in [2.45, 2.75) is 89.7 Å². The third-order valence-corrected chi connectivity index (χ3v) is 6.08. The molecule has 156 valence electrons. The van der Waals surface area contributed by atoms with Crippen LogP contribution in [0.4, 0.5) is 0 Å². The van der Waals surface area contributed by atoms with Gasteiger partial charge in [0.05, 0.1) is 11.5 Å². The van der Waals surface area contributed by atoms with Crippen LogP contribution < -0.4 is 0 Å². The van der Waals surface area contributed by atoms with Gasteiger partial charge in [0.2, 0.25) is 5.78 Å². The Bertz CT molecular complexity index is 509. The van der Waals surface area contributed by atoms with Gasteiger partial charge in [0.1, 0.15) is 12.1 Å². The fourth-order valence-electron chi connectivity index (χ4n) is 3.21. The number of methoxy groups -OCH3 is 1. The molecular formula is C20H35NO5S. The van der Waals surface area contributed by atoms with E-state index >= 15 is 0 Å². The molecule has 6 nitrogen and oxygen atoms in total. The van der Waals surface area contributed by atoms with Crippen LogP contribution in [0.5, 0.6) is 0 Å². The number of ketones is 1. The average Bonchev–Trinajstić information content (AvgIpc) is 2.92. The van der Waals surface area contributed by atoms with Gasteiger partial charge in [0.15, 0.2) is 0 Å². The van der Waals surface area contributed by atoms with Crippen LogP contribution >= 0.6 is 11.8 Å². The Morgan fingerprint density at radius 1 is 1.15 bits per heavy atom. The van der Waals surface area contributed by atoms with E-state index < -0.39 is 34.7 Å². The molecule has 0 aromatic carbocycles. The second kappa shape index (κ2) is 11.7. The Morgan fingerprint density at radius 2 is 1.78 bits per heavy atom. The van der Waals surface area contributed by atoms with Crippen molar-refractivity contribution in [2.24, 2.45) is 0 Å². The summed E-state index contributed by atoms with van der Waals surface area (Å²) in [5.41, 5.74) is 0. The van der Waals surface area contributed by atoms with Crippen molar-refractivity contribution in [3.8, 4) is 0 Å². The van der Waals surface area contributed by atoms with Gasteiger partial charge in [-0.1, -0.05) is 39.0 Å².